The van der Waals surface area contributed by atoms with Crippen molar-refractivity contribution < 1.29 is 9.59 Å². The molecule has 1 rings (SSSR count). The normalized spacial score (nSPS) is 22.7. The number of nitrogens with zero attached hydrogens (tertiary/aromatic N) is 1. The maximum absolute atomic E-state index is 12.0. The van der Waals surface area contributed by atoms with Gasteiger partial charge in [0.2, 0.25) is 5.91 Å². The summed E-state index contributed by atoms with van der Waals surface area (Å²) in [4.78, 5) is 25.7. The van der Waals surface area contributed by atoms with Crippen LogP contribution in [0.2, 0.25) is 0 Å². The summed E-state index contributed by atoms with van der Waals surface area (Å²) < 4.78 is 0. The van der Waals surface area contributed by atoms with Crippen LogP contribution in [0.25, 0.3) is 0 Å². The summed E-state index contributed by atoms with van der Waals surface area (Å²) >= 11 is 0. The average Bonchev–Trinajstić information content (AvgIpc) is 2.53. The molecule has 104 valence electrons. The molecule has 1 saturated heterocycles. The topological polar surface area (TPSA) is 37.4 Å². The predicted octanol–water partition coefficient (Wildman–Crippen LogP) is 3.03. The van der Waals surface area contributed by atoms with Crippen LogP contribution in [-0.4, -0.2) is 29.7 Å². The molecule has 0 bridgehead atoms. The fourth-order valence-corrected chi connectivity index (χ4v) is 2.53. The fraction of sp³-hybridized carbons (Fsp3) is 0.867. The molecule has 0 aromatic heterocycles. The Morgan fingerprint density at radius 1 is 1.39 bits per heavy atom. The first kappa shape index (κ1) is 15.2. The second kappa shape index (κ2) is 7.55. The van der Waals surface area contributed by atoms with E-state index < -0.39 is 0 Å². The third-order valence-corrected chi connectivity index (χ3v) is 4.13. The number of rotatable bonds is 6. The Labute approximate surface area is 111 Å². The number of carbonyl (C=O) groups is 2. The molecule has 3 heteroatoms. The maximum Gasteiger partial charge on any atom is 0.222 e. The van der Waals surface area contributed by atoms with Crippen molar-refractivity contribution in [3.8, 4) is 0 Å². The zero-order valence-electron chi connectivity index (χ0n) is 12.1. The summed E-state index contributed by atoms with van der Waals surface area (Å²) in [6, 6.07) is 0. The molecule has 1 amide bonds. The Bertz CT molecular complexity index is 288. The van der Waals surface area contributed by atoms with Crippen LogP contribution >= 0.6 is 0 Å². The van der Waals surface area contributed by atoms with Crippen LogP contribution in [0.1, 0.15) is 59.3 Å². The monoisotopic (exact) mass is 253 g/mol. The van der Waals surface area contributed by atoms with Crippen molar-refractivity contribution in [2.75, 3.05) is 13.1 Å². The van der Waals surface area contributed by atoms with Crippen molar-refractivity contribution in [3.63, 3.8) is 0 Å². The molecule has 0 aliphatic carbocycles. The van der Waals surface area contributed by atoms with Gasteiger partial charge in [-0.25, -0.2) is 0 Å². The number of ketones is 1. The van der Waals surface area contributed by atoms with Crippen molar-refractivity contribution in [2.24, 2.45) is 11.8 Å². The second-order valence-corrected chi connectivity index (χ2v) is 5.57. The van der Waals surface area contributed by atoms with E-state index in [-0.39, 0.29) is 17.6 Å². The van der Waals surface area contributed by atoms with Gasteiger partial charge in [-0.15, -0.1) is 0 Å². The largest absolute Gasteiger partial charge is 0.335 e. The van der Waals surface area contributed by atoms with E-state index in [4.69, 9.17) is 0 Å². The van der Waals surface area contributed by atoms with Gasteiger partial charge in [0.05, 0.1) is 6.54 Å². The standard InChI is InChI=1S/C15H27NO2/c1-4-6-13-7-8-15(18)16(10-9-13)11-14(17)12(3)5-2/h12-13H,4-11H2,1-3H3. The first-order valence-electron chi connectivity index (χ1n) is 7.38. The molecule has 18 heavy (non-hydrogen) atoms. The lowest BCUT2D eigenvalue weighted by Gasteiger charge is -2.21. The molecule has 1 heterocycles. The van der Waals surface area contributed by atoms with E-state index in [2.05, 4.69) is 6.92 Å². The lowest BCUT2D eigenvalue weighted by molar-refractivity contribution is -0.136. The van der Waals surface area contributed by atoms with E-state index in [1.165, 1.54) is 12.8 Å². The van der Waals surface area contributed by atoms with Gasteiger partial charge in [-0.1, -0.05) is 33.6 Å². The molecule has 0 saturated carbocycles. The molecule has 0 spiro atoms. The van der Waals surface area contributed by atoms with Crippen molar-refractivity contribution in [3.05, 3.63) is 0 Å². The molecule has 0 aromatic rings. The highest BCUT2D eigenvalue weighted by atomic mass is 16.2. The lowest BCUT2D eigenvalue weighted by atomic mass is 9.96. The summed E-state index contributed by atoms with van der Waals surface area (Å²) in [5, 5.41) is 0. The summed E-state index contributed by atoms with van der Waals surface area (Å²) in [7, 11) is 0. The van der Waals surface area contributed by atoms with E-state index in [0.29, 0.717) is 18.9 Å². The Morgan fingerprint density at radius 3 is 2.72 bits per heavy atom. The third kappa shape index (κ3) is 4.43. The average molecular weight is 253 g/mol. The highest BCUT2D eigenvalue weighted by molar-refractivity contribution is 5.87. The molecule has 1 aliphatic rings. The molecule has 2 atom stereocenters. The molecular formula is C15H27NO2. The van der Waals surface area contributed by atoms with Crippen LogP contribution < -0.4 is 0 Å². The molecule has 1 fully saturated rings. The van der Waals surface area contributed by atoms with E-state index in [1.54, 1.807) is 4.90 Å². The quantitative estimate of drug-likeness (QED) is 0.729. The molecule has 0 aromatic carbocycles. The highest BCUT2D eigenvalue weighted by Crippen LogP contribution is 2.22. The Morgan fingerprint density at radius 2 is 2.11 bits per heavy atom. The van der Waals surface area contributed by atoms with Gasteiger partial charge in [0.15, 0.2) is 5.78 Å². The van der Waals surface area contributed by atoms with Gasteiger partial charge in [-0.05, 0) is 25.2 Å². The molecule has 0 N–H and O–H groups in total. The fourth-order valence-electron chi connectivity index (χ4n) is 2.53. The second-order valence-electron chi connectivity index (χ2n) is 5.57. The summed E-state index contributed by atoms with van der Waals surface area (Å²) in [5.41, 5.74) is 0. The highest BCUT2D eigenvalue weighted by Gasteiger charge is 2.24. The minimum Gasteiger partial charge on any atom is -0.335 e. The molecule has 0 radical (unpaired) electrons. The number of hydrogen-bond acceptors (Lipinski definition) is 2. The van der Waals surface area contributed by atoms with Crippen LogP contribution in [0, 0.1) is 11.8 Å². The summed E-state index contributed by atoms with van der Waals surface area (Å²) in [6.45, 7) is 7.25. The van der Waals surface area contributed by atoms with E-state index >= 15 is 0 Å². The van der Waals surface area contributed by atoms with Gasteiger partial charge < -0.3 is 4.90 Å². The number of hydrogen-bond donors (Lipinski definition) is 0. The van der Waals surface area contributed by atoms with Crippen LogP contribution in [0.3, 0.4) is 0 Å². The minimum absolute atomic E-state index is 0.0764. The first-order valence-corrected chi connectivity index (χ1v) is 7.38. The summed E-state index contributed by atoms with van der Waals surface area (Å²) in [6.07, 6.45) is 5.94. The Balaban J connectivity index is 2.50. The zero-order chi connectivity index (χ0) is 13.5. The van der Waals surface area contributed by atoms with Crippen molar-refractivity contribution in [2.45, 2.75) is 59.3 Å². The smallest absolute Gasteiger partial charge is 0.222 e. The van der Waals surface area contributed by atoms with E-state index in [1.807, 2.05) is 13.8 Å². The van der Waals surface area contributed by atoms with Crippen LogP contribution in [-0.2, 0) is 9.59 Å². The van der Waals surface area contributed by atoms with Crippen molar-refractivity contribution in [1.29, 1.82) is 0 Å². The summed E-state index contributed by atoms with van der Waals surface area (Å²) in [5.74, 6) is 1.13. The zero-order valence-corrected chi connectivity index (χ0v) is 12.1. The lowest BCUT2D eigenvalue weighted by Crippen LogP contribution is -2.37. The third-order valence-electron chi connectivity index (χ3n) is 4.13. The van der Waals surface area contributed by atoms with Crippen LogP contribution in [0.4, 0.5) is 0 Å². The van der Waals surface area contributed by atoms with Gasteiger partial charge in [-0.3, -0.25) is 9.59 Å². The molecule has 2 unspecified atom stereocenters. The van der Waals surface area contributed by atoms with Gasteiger partial charge in [0, 0.05) is 18.9 Å². The van der Waals surface area contributed by atoms with Gasteiger partial charge in [0.1, 0.15) is 0 Å². The minimum atomic E-state index is 0.0764. The molecule has 3 nitrogen and oxygen atoms in total. The number of carbonyl (C=O) groups excluding carboxylic acids is 2. The SMILES string of the molecule is CCCC1CCC(=O)N(CC(=O)C(C)CC)CC1. The molecular weight excluding hydrogens is 226 g/mol. The van der Waals surface area contributed by atoms with E-state index in [9.17, 15) is 9.59 Å². The van der Waals surface area contributed by atoms with Crippen LogP contribution in [0.5, 0.6) is 0 Å². The Kier molecular flexibility index (Phi) is 6.37. The van der Waals surface area contributed by atoms with Gasteiger partial charge in [-0.2, -0.15) is 0 Å². The predicted molar refractivity (Wildman–Crippen MR) is 73.3 cm³/mol. The number of amides is 1. The Hall–Kier alpha value is -0.860. The number of likely N-dealkylation sites (tertiary alicyclic amines) is 1. The van der Waals surface area contributed by atoms with E-state index in [0.717, 1.165) is 25.8 Å². The van der Waals surface area contributed by atoms with Crippen molar-refractivity contribution in [1.82, 2.24) is 4.90 Å². The van der Waals surface area contributed by atoms with Crippen molar-refractivity contribution >= 4 is 11.7 Å². The van der Waals surface area contributed by atoms with Gasteiger partial charge >= 0.3 is 0 Å². The number of Topliss-reactive ketones (excluding diaryl/α,β-unsaturated/α-hetero) is 1. The maximum atomic E-state index is 12.0. The molecule has 1 aliphatic heterocycles. The van der Waals surface area contributed by atoms with Gasteiger partial charge in [0.25, 0.3) is 0 Å². The first-order chi connectivity index (χ1) is 8.58. The van der Waals surface area contributed by atoms with Crippen LogP contribution in [0.15, 0.2) is 0 Å².